The van der Waals surface area contributed by atoms with E-state index in [-0.39, 0.29) is 10.9 Å². The summed E-state index contributed by atoms with van der Waals surface area (Å²) in [4.78, 5) is 35.0. The molecule has 0 bridgehead atoms. The van der Waals surface area contributed by atoms with E-state index < -0.39 is 40.6 Å². The molecule has 3 N–H and O–H groups in total. The second kappa shape index (κ2) is 5.47. The topological polar surface area (TPSA) is 109 Å². The molecule has 22 heavy (non-hydrogen) atoms. The van der Waals surface area contributed by atoms with E-state index in [9.17, 15) is 23.9 Å². The molecule has 2 rings (SSSR count). The molecule has 1 atom stereocenters. The molecule has 0 saturated carbocycles. The van der Waals surface area contributed by atoms with Crippen molar-refractivity contribution >= 4 is 22.8 Å². The van der Waals surface area contributed by atoms with Crippen molar-refractivity contribution in [2.75, 3.05) is 0 Å². The standard InChI is InChI=1S/C14H13FN2O5/c1-6(14(21)22)16-12(19)10-11(18)9-7(15)4-3-5-8(9)17(2)13(10)20/h3-6,18H,1-2H3,(H,16,19)(H,21,22)/t6-/m0/s1. The Morgan fingerprint density at radius 2 is 2.00 bits per heavy atom. The van der Waals surface area contributed by atoms with Gasteiger partial charge in [0.2, 0.25) is 0 Å². The fourth-order valence-electron chi connectivity index (χ4n) is 2.07. The monoisotopic (exact) mass is 308 g/mol. The number of fused-ring (bicyclic) bond motifs is 1. The van der Waals surface area contributed by atoms with E-state index in [1.807, 2.05) is 0 Å². The van der Waals surface area contributed by atoms with Gasteiger partial charge in [-0.1, -0.05) is 6.07 Å². The number of hydrogen-bond acceptors (Lipinski definition) is 4. The highest BCUT2D eigenvalue weighted by molar-refractivity contribution is 6.03. The molecule has 1 amide bonds. The summed E-state index contributed by atoms with van der Waals surface area (Å²) in [5, 5.41) is 20.6. The van der Waals surface area contributed by atoms with Gasteiger partial charge in [0.25, 0.3) is 11.5 Å². The number of aliphatic carboxylic acids is 1. The van der Waals surface area contributed by atoms with Gasteiger partial charge in [0.1, 0.15) is 23.2 Å². The fourth-order valence-corrected chi connectivity index (χ4v) is 2.07. The third-order valence-corrected chi connectivity index (χ3v) is 3.29. The number of amides is 1. The molecular formula is C14H13FN2O5. The first-order valence-corrected chi connectivity index (χ1v) is 6.29. The van der Waals surface area contributed by atoms with Crippen molar-refractivity contribution < 1.29 is 24.2 Å². The van der Waals surface area contributed by atoms with Gasteiger partial charge < -0.3 is 20.1 Å². The van der Waals surface area contributed by atoms with E-state index in [1.54, 1.807) is 0 Å². The van der Waals surface area contributed by atoms with Crippen LogP contribution in [0, 0.1) is 5.82 Å². The smallest absolute Gasteiger partial charge is 0.325 e. The van der Waals surface area contributed by atoms with Crippen LogP contribution in [0.15, 0.2) is 23.0 Å². The van der Waals surface area contributed by atoms with Gasteiger partial charge in [0.15, 0.2) is 0 Å². The Bertz CT molecular complexity index is 843. The molecule has 1 aromatic carbocycles. The molecule has 0 aliphatic carbocycles. The number of aryl methyl sites for hydroxylation is 1. The van der Waals surface area contributed by atoms with Crippen molar-refractivity contribution in [2.45, 2.75) is 13.0 Å². The predicted molar refractivity (Wildman–Crippen MR) is 75.4 cm³/mol. The molecule has 0 aliphatic rings. The van der Waals surface area contributed by atoms with Crippen molar-refractivity contribution in [1.29, 1.82) is 0 Å². The molecule has 1 aromatic heterocycles. The number of rotatable bonds is 3. The Hall–Kier alpha value is -2.90. The van der Waals surface area contributed by atoms with Crippen molar-refractivity contribution in [3.8, 4) is 5.75 Å². The minimum Gasteiger partial charge on any atom is -0.506 e. The lowest BCUT2D eigenvalue weighted by atomic mass is 10.1. The zero-order chi connectivity index (χ0) is 16.6. The highest BCUT2D eigenvalue weighted by Gasteiger charge is 2.25. The third-order valence-electron chi connectivity index (χ3n) is 3.29. The number of carboxylic acids is 1. The van der Waals surface area contributed by atoms with E-state index in [4.69, 9.17) is 5.11 Å². The molecule has 1 heterocycles. The Balaban J connectivity index is 2.70. The molecule has 0 saturated heterocycles. The molecule has 0 unspecified atom stereocenters. The van der Waals surface area contributed by atoms with Gasteiger partial charge in [0, 0.05) is 7.05 Å². The number of nitrogens with zero attached hydrogens (tertiary/aromatic N) is 1. The molecule has 0 fully saturated rings. The first kappa shape index (κ1) is 15.5. The van der Waals surface area contributed by atoms with Crippen LogP contribution in [0.25, 0.3) is 10.9 Å². The maximum Gasteiger partial charge on any atom is 0.325 e. The number of pyridine rings is 1. The second-order valence-electron chi connectivity index (χ2n) is 4.76. The normalized spacial score (nSPS) is 12.1. The molecular weight excluding hydrogens is 295 g/mol. The van der Waals surface area contributed by atoms with E-state index in [2.05, 4.69) is 5.32 Å². The Labute approximate surface area is 123 Å². The Morgan fingerprint density at radius 3 is 2.59 bits per heavy atom. The summed E-state index contributed by atoms with van der Waals surface area (Å²) in [6.07, 6.45) is 0. The van der Waals surface area contributed by atoms with E-state index in [0.717, 1.165) is 10.6 Å². The highest BCUT2D eigenvalue weighted by Crippen LogP contribution is 2.28. The van der Waals surface area contributed by atoms with Crippen molar-refractivity contribution in [1.82, 2.24) is 9.88 Å². The van der Waals surface area contributed by atoms with Gasteiger partial charge in [-0.2, -0.15) is 0 Å². The largest absolute Gasteiger partial charge is 0.506 e. The van der Waals surface area contributed by atoms with Gasteiger partial charge in [-0.15, -0.1) is 0 Å². The van der Waals surface area contributed by atoms with Gasteiger partial charge in [-0.25, -0.2) is 4.39 Å². The summed E-state index contributed by atoms with van der Waals surface area (Å²) >= 11 is 0. The lowest BCUT2D eigenvalue weighted by Gasteiger charge is -2.13. The van der Waals surface area contributed by atoms with Gasteiger partial charge in [-0.05, 0) is 19.1 Å². The SMILES string of the molecule is C[C@H](NC(=O)c1c(O)c2c(F)cccc2n(C)c1=O)C(=O)O. The molecule has 0 aliphatic heterocycles. The number of aromatic hydroxyl groups is 1. The van der Waals surface area contributed by atoms with Crippen LogP contribution in [-0.4, -0.2) is 32.7 Å². The number of aromatic nitrogens is 1. The van der Waals surface area contributed by atoms with Gasteiger partial charge in [-0.3, -0.25) is 14.4 Å². The van der Waals surface area contributed by atoms with Crippen molar-refractivity contribution in [2.24, 2.45) is 7.05 Å². The lowest BCUT2D eigenvalue weighted by Crippen LogP contribution is -2.41. The van der Waals surface area contributed by atoms with Gasteiger partial charge >= 0.3 is 5.97 Å². The third kappa shape index (κ3) is 2.39. The molecule has 0 spiro atoms. The van der Waals surface area contributed by atoms with E-state index >= 15 is 0 Å². The molecule has 0 radical (unpaired) electrons. The van der Waals surface area contributed by atoms with Crippen LogP contribution in [0.3, 0.4) is 0 Å². The van der Waals surface area contributed by atoms with Crippen molar-refractivity contribution in [3.63, 3.8) is 0 Å². The molecule has 7 nitrogen and oxygen atoms in total. The zero-order valence-corrected chi connectivity index (χ0v) is 11.8. The molecule has 116 valence electrons. The fraction of sp³-hybridized carbons (Fsp3) is 0.214. The van der Waals surface area contributed by atoms with Crippen LogP contribution in [0.1, 0.15) is 17.3 Å². The van der Waals surface area contributed by atoms with Crippen molar-refractivity contribution in [3.05, 3.63) is 39.9 Å². The second-order valence-corrected chi connectivity index (χ2v) is 4.76. The predicted octanol–water partition coefficient (Wildman–Crippen LogP) is 0.586. The number of carbonyl (C=O) groups excluding carboxylic acids is 1. The van der Waals surface area contributed by atoms with E-state index in [0.29, 0.717) is 0 Å². The summed E-state index contributed by atoms with van der Waals surface area (Å²) in [5.74, 6) is -4.01. The Morgan fingerprint density at radius 1 is 1.36 bits per heavy atom. The van der Waals surface area contributed by atoms with Crippen LogP contribution >= 0.6 is 0 Å². The number of nitrogens with one attached hydrogen (secondary N) is 1. The summed E-state index contributed by atoms with van der Waals surface area (Å²) in [6.45, 7) is 1.20. The summed E-state index contributed by atoms with van der Waals surface area (Å²) in [7, 11) is 1.32. The maximum absolute atomic E-state index is 13.9. The van der Waals surface area contributed by atoms with Crippen LogP contribution in [0.2, 0.25) is 0 Å². The summed E-state index contributed by atoms with van der Waals surface area (Å²) in [6, 6.07) is 2.59. The van der Waals surface area contributed by atoms with Crippen LogP contribution in [0.4, 0.5) is 4.39 Å². The number of carbonyl (C=O) groups is 2. The first-order valence-electron chi connectivity index (χ1n) is 6.29. The first-order chi connectivity index (χ1) is 10.3. The highest BCUT2D eigenvalue weighted by atomic mass is 19.1. The lowest BCUT2D eigenvalue weighted by molar-refractivity contribution is -0.138. The number of halogens is 1. The maximum atomic E-state index is 13.9. The summed E-state index contributed by atoms with van der Waals surface area (Å²) < 4.78 is 14.9. The van der Waals surface area contributed by atoms with Gasteiger partial charge in [0.05, 0.1) is 10.9 Å². The number of hydrogen-bond donors (Lipinski definition) is 3. The molecule has 8 heteroatoms. The zero-order valence-electron chi connectivity index (χ0n) is 11.8. The average Bonchev–Trinajstić information content (AvgIpc) is 2.44. The molecule has 2 aromatic rings. The number of carboxylic acid groups (broad SMARTS) is 1. The Kier molecular flexibility index (Phi) is 3.85. The van der Waals surface area contributed by atoms with E-state index in [1.165, 1.54) is 26.1 Å². The number of benzene rings is 1. The minimum absolute atomic E-state index is 0.116. The quantitative estimate of drug-likeness (QED) is 0.769. The van der Waals surface area contributed by atoms with Crippen LogP contribution in [0.5, 0.6) is 5.75 Å². The summed E-state index contributed by atoms with van der Waals surface area (Å²) in [5.41, 5.74) is -1.44. The van der Waals surface area contributed by atoms with Crippen LogP contribution < -0.4 is 10.9 Å². The average molecular weight is 308 g/mol. The van der Waals surface area contributed by atoms with Crippen LogP contribution in [-0.2, 0) is 11.8 Å². The minimum atomic E-state index is -1.31.